The minimum Gasteiger partial charge on any atom is -0.478 e. The van der Waals surface area contributed by atoms with Crippen molar-refractivity contribution in [3.8, 4) is 5.88 Å². The molecular formula is C14H24N2O. The van der Waals surface area contributed by atoms with Gasteiger partial charge in [-0.15, -0.1) is 0 Å². The van der Waals surface area contributed by atoms with Crippen LogP contribution in [-0.2, 0) is 6.54 Å². The van der Waals surface area contributed by atoms with Crippen LogP contribution in [0.25, 0.3) is 0 Å². The maximum atomic E-state index is 5.68. The van der Waals surface area contributed by atoms with Crippen molar-refractivity contribution in [3.63, 3.8) is 0 Å². The molecule has 3 heteroatoms. The second kappa shape index (κ2) is 8.07. The maximum Gasteiger partial charge on any atom is 0.213 e. The molecule has 0 saturated heterocycles. The van der Waals surface area contributed by atoms with Crippen molar-refractivity contribution in [2.75, 3.05) is 13.7 Å². The summed E-state index contributed by atoms with van der Waals surface area (Å²) in [5, 5.41) is 3.14. The molecule has 0 spiro atoms. The van der Waals surface area contributed by atoms with E-state index in [9.17, 15) is 0 Å². The van der Waals surface area contributed by atoms with Crippen LogP contribution < -0.4 is 10.1 Å². The summed E-state index contributed by atoms with van der Waals surface area (Å²) in [6.45, 7) is 5.85. The molecule has 0 aliphatic rings. The van der Waals surface area contributed by atoms with E-state index < -0.39 is 0 Å². The number of aryl methyl sites for hydroxylation is 1. The van der Waals surface area contributed by atoms with E-state index in [0.717, 1.165) is 31.1 Å². The Balaban J connectivity index is 2.41. The Morgan fingerprint density at radius 2 is 2.06 bits per heavy atom. The third-order valence-corrected chi connectivity index (χ3v) is 2.62. The highest BCUT2D eigenvalue weighted by Gasteiger charge is 2.00. The van der Waals surface area contributed by atoms with Crippen LogP contribution in [0.15, 0.2) is 12.1 Å². The van der Waals surface area contributed by atoms with Crippen LogP contribution in [-0.4, -0.2) is 18.6 Å². The molecule has 0 unspecified atom stereocenters. The van der Waals surface area contributed by atoms with E-state index >= 15 is 0 Å². The molecule has 0 aliphatic carbocycles. The van der Waals surface area contributed by atoms with Gasteiger partial charge in [0, 0.05) is 18.3 Å². The molecule has 96 valence electrons. The molecule has 17 heavy (non-hydrogen) atoms. The second-order valence-corrected chi connectivity index (χ2v) is 4.39. The van der Waals surface area contributed by atoms with Gasteiger partial charge in [-0.05, 0) is 32.0 Å². The van der Waals surface area contributed by atoms with Crippen molar-refractivity contribution in [2.45, 2.75) is 46.1 Å². The Labute approximate surface area is 105 Å². The quantitative estimate of drug-likeness (QED) is 0.704. The lowest BCUT2D eigenvalue weighted by Gasteiger charge is -2.08. The second-order valence-electron chi connectivity index (χ2n) is 4.39. The Morgan fingerprint density at radius 3 is 2.76 bits per heavy atom. The lowest BCUT2D eigenvalue weighted by Crippen LogP contribution is -2.07. The zero-order valence-electron chi connectivity index (χ0n) is 11.3. The molecule has 3 nitrogen and oxygen atoms in total. The minimum atomic E-state index is 0.756. The number of ether oxygens (including phenoxy) is 1. The highest BCUT2D eigenvalue weighted by Crippen LogP contribution is 2.13. The van der Waals surface area contributed by atoms with E-state index in [0.29, 0.717) is 0 Å². The summed E-state index contributed by atoms with van der Waals surface area (Å²) in [6, 6.07) is 4.10. The molecule has 0 fully saturated rings. The van der Waals surface area contributed by atoms with Gasteiger partial charge in [0.05, 0.1) is 6.61 Å². The topological polar surface area (TPSA) is 34.1 Å². The number of nitrogens with one attached hydrogen (secondary N) is 1. The van der Waals surface area contributed by atoms with Gasteiger partial charge >= 0.3 is 0 Å². The molecular weight excluding hydrogens is 212 g/mol. The Morgan fingerprint density at radius 1 is 1.24 bits per heavy atom. The number of nitrogens with zero attached hydrogens (tertiary/aromatic N) is 1. The van der Waals surface area contributed by atoms with Crippen molar-refractivity contribution in [3.05, 3.63) is 23.4 Å². The largest absolute Gasteiger partial charge is 0.478 e. The highest BCUT2D eigenvalue weighted by atomic mass is 16.5. The fourth-order valence-corrected chi connectivity index (χ4v) is 1.79. The van der Waals surface area contributed by atoms with E-state index in [1.807, 2.05) is 20.0 Å². The van der Waals surface area contributed by atoms with Gasteiger partial charge in [0.1, 0.15) is 0 Å². The molecule has 1 aromatic rings. The zero-order chi connectivity index (χ0) is 12.5. The molecule has 0 amide bonds. The van der Waals surface area contributed by atoms with Crippen LogP contribution in [0.5, 0.6) is 5.88 Å². The summed E-state index contributed by atoms with van der Waals surface area (Å²) in [7, 11) is 1.95. The van der Waals surface area contributed by atoms with Gasteiger partial charge in [0.2, 0.25) is 5.88 Å². The lowest BCUT2D eigenvalue weighted by molar-refractivity contribution is 0.293. The number of hydrogen-bond acceptors (Lipinski definition) is 3. The standard InChI is InChI=1S/C14H24N2O/c1-4-5-6-7-8-17-14-10-13(11-15-3)9-12(2)16-14/h9-10,15H,4-8,11H2,1-3H3. The van der Waals surface area contributed by atoms with Crippen LogP contribution in [0.2, 0.25) is 0 Å². The Hall–Kier alpha value is -1.09. The van der Waals surface area contributed by atoms with Crippen molar-refractivity contribution >= 4 is 0 Å². The summed E-state index contributed by atoms with van der Waals surface area (Å²) < 4.78 is 5.68. The first-order chi connectivity index (χ1) is 8.26. The third-order valence-electron chi connectivity index (χ3n) is 2.62. The van der Waals surface area contributed by atoms with Crippen LogP contribution in [0.3, 0.4) is 0 Å². The van der Waals surface area contributed by atoms with Gasteiger partial charge in [-0.25, -0.2) is 4.98 Å². The molecule has 0 bridgehead atoms. The molecule has 1 rings (SSSR count). The fourth-order valence-electron chi connectivity index (χ4n) is 1.79. The van der Waals surface area contributed by atoms with Gasteiger partial charge in [-0.3, -0.25) is 0 Å². The summed E-state index contributed by atoms with van der Waals surface area (Å²) >= 11 is 0. The van der Waals surface area contributed by atoms with Crippen LogP contribution in [0.4, 0.5) is 0 Å². The summed E-state index contributed by atoms with van der Waals surface area (Å²) in [4.78, 5) is 4.38. The van der Waals surface area contributed by atoms with E-state index in [4.69, 9.17) is 4.74 Å². The van der Waals surface area contributed by atoms with Crippen molar-refractivity contribution in [1.29, 1.82) is 0 Å². The van der Waals surface area contributed by atoms with E-state index in [2.05, 4.69) is 23.3 Å². The molecule has 0 aliphatic heterocycles. The van der Waals surface area contributed by atoms with Gasteiger partial charge < -0.3 is 10.1 Å². The maximum absolute atomic E-state index is 5.68. The van der Waals surface area contributed by atoms with E-state index in [1.54, 1.807) is 0 Å². The number of unbranched alkanes of at least 4 members (excludes halogenated alkanes) is 3. The lowest BCUT2D eigenvalue weighted by atomic mass is 10.2. The monoisotopic (exact) mass is 236 g/mol. The average molecular weight is 236 g/mol. The number of pyridine rings is 1. The SMILES string of the molecule is CCCCCCOc1cc(CNC)cc(C)n1. The molecule has 0 saturated carbocycles. The molecule has 1 N–H and O–H groups in total. The minimum absolute atomic E-state index is 0.756. The van der Waals surface area contributed by atoms with Gasteiger partial charge in [0.25, 0.3) is 0 Å². The van der Waals surface area contributed by atoms with Crippen LogP contribution >= 0.6 is 0 Å². The Kier molecular flexibility index (Phi) is 6.63. The van der Waals surface area contributed by atoms with Gasteiger partial charge in [0.15, 0.2) is 0 Å². The first-order valence-corrected chi connectivity index (χ1v) is 6.51. The predicted octanol–water partition coefficient (Wildman–Crippen LogP) is 3.07. The van der Waals surface area contributed by atoms with E-state index in [1.165, 1.54) is 24.8 Å². The predicted molar refractivity (Wildman–Crippen MR) is 71.4 cm³/mol. The Bertz CT molecular complexity index is 326. The van der Waals surface area contributed by atoms with Crippen LogP contribution in [0.1, 0.15) is 43.9 Å². The van der Waals surface area contributed by atoms with Crippen molar-refractivity contribution in [1.82, 2.24) is 10.3 Å². The summed E-state index contributed by atoms with van der Waals surface area (Å²) in [6.07, 6.45) is 4.90. The number of rotatable bonds is 8. The summed E-state index contributed by atoms with van der Waals surface area (Å²) in [5.74, 6) is 0.756. The smallest absolute Gasteiger partial charge is 0.213 e. The summed E-state index contributed by atoms with van der Waals surface area (Å²) in [5.41, 5.74) is 2.24. The van der Waals surface area contributed by atoms with Crippen molar-refractivity contribution in [2.24, 2.45) is 0 Å². The zero-order valence-corrected chi connectivity index (χ0v) is 11.3. The fraction of sp³-hybridized carbons (Fsp3) is 0.643. The number of aromatic nitrogens is 1. The first kappa shape index (κ1) is 14.0. The molecule has 1 aromatic heterocycles. The first-order valence-electron chi connectivity index (χ1n) is 6.51. The molecule has 0 atom stereocenters. The molecule has 0 aromatic carbocycles. The normalized spacial score (nSPS) is 10.5. The van der Waals surface area contributed by atoms with Crippen molar-refractivity contribution < 1.29 is 4.74 Å². The van der Waals surface area contributed by atoms with E-state index in [-0.39, 0.29) is 0 Å². The van der Waals surface area contributed by atoms with Crippen LogP contribution in [0, 0.1) is 6.92 Å². The average Bonchev–Trinajstić information content (AvgIpc) is 2.28. The van der Waals surface area contributed by atoms with Gasteiger partial charge in [-0.1, -0.05) is 26.2 Å². The highest BCUT2D eigenvalue weighted by molar-refractivity contribution is 5.24. The van der Waals surface area contributed by atoms with Gasteiger partial charge in [-0.2, -0.15) is 0 Å². The molecule has 0 radical (unpaired) electrons. The number of hydrogen-bond donors (Lipinski definition) is 1. The third kappa shape index (κ3) is 5.68. The molecule has 1 heterocycles.